The van der Waals surface area contributed by atoms with Crippen molar-refractivity contribution in [1.82, 2.24) is 9.38 Å². The van der Waals surface area contributed by atoms with Crippen molar-refractivity contribution in [2.24, 2.45) is 0 Å². The van der Waals surface area contributed by atoms with Crippen LogP contribution in [0.2, 0.25) is 0 Å². The topological polar surface area (TPSA) is 34.4 Å². The second-order valence-electron chi connectivity index (χ2n) is 7.38. The third-order valence-corrected chi connectivity index (χ3v) is 7.68. The maximum atomic E-state index is 13.3. The molecule has 0 saturated carbocycles. The van der Waals surface area contributed by atoms with Gasteiger partial charge in [-0.05, 0) is 31.0 Å². The van der Waals surface area contributed by atoms with Gasteiger partial charge >= 0.3 is 0 Å². The van der Waals surface area contributed by atoms with Gasteiger partial charge in [0.1, 0.15) is 16.0 Å². The lowest BCUT2D eigenvalue weighted by atomic mass is 10.1. The van der Waals surface area contributed by atoms with Gasteiger partial charge in [-0.15, -0.1) is 23.1 Å². The Morgan fingerprint density at radius 1 is 1.00 bits per heavy atom. The first-order valence-corrected chi connectivity index (χ1v) is 11.6. The van der Waals surface area contributed by atoms with E-state index in [-0.39, 0.29) is 5.78 Å². The Bertz CT molecular complexity index is 1370. The Balaban J connectivity index is 1.63. The third-order valence-electron chi connectivity index (χ3n) is 5.18. The molecule has 3 nitrogen and oxygen atoms in total. The average Bonchev–Trinajstić information content (AvgIpc) is 3.32. The van der Waals surface area contributed by atoms with Gasteiger partial charge in [-0.1, -0.05) is 66.2 Å². The molecule has 0 atom stereocenters. The number of pyridine rings is 1. The molecule has 3 aromatic heterocycles. The van der Waals surface area contributed by atoms with Crippen molar-refractivity contribution in [3.05, 3.63) is 100 Å². The fourth-order valence-corrected chi connectivity index (χ4v) is 5.96. The molecule has 30 heavy (non-hydrogen) atoms. The summed E-state index contributed by atoms with van der Waals surface area (Å²) in [6, 6.07) is 22.2. The number of nitrogens with zero attached hydrogens (tertiary/aromatic N) is 2. The predicted molar refractivity (Wildman–Crippen MR) is 126 cm³/mol. The van der Waals surface area contributed by atoms with E-state index in [0.717, 1.165) is 32.2 Å². The molecule has 0 N–H and O–H groups in total. The van der Waals surface area contributed by atoms with Gasteiger partial charge in [0, 0.05) is 17.5 Å². The highest BCUT2D eigenvalue weighted by Crippen LogP contribution is 2.41. The number of benzene rings is 2. The number of carbonyl (C=O) groups excluding carboxylic acids is 1. The molecule has 3 heterocycles. The van der Waals surface area contributed by atoms with Gasteiger partial charge in [0.05, 0.1) is 9.73 Å². The predicted octanol–water partition coefficient (Wildman–Crippen LogP) is 6.69. The molecule has 0 bridgehead atoms. The molecule has 0 unspecified atom stereocenters. The molecular weight excluding hydrogens is 408 g/mol. The van der Waals surface area contributed by atoms with E-state index < -0.39 is 0 Å². The lowest BCUT2D eigenvalue weighted by molar-refractivity contribution is 0.104. The summed E-state index contributed by atoms with van der Waals surface area (Å²) in [5.41, 5.74) is 7.08. The highest BCUT2D eigenvalue weighted by Gasteiger charge is 2.23. The van der Waals surface area contributed by atoms with Crippen LogP contribution in [0, 0.1) is 13.8 Å². The van der Waals surface area contributed by atoms with Crippen LogP contribution in [0.3, 0.4) is 0 Å². The maximum Gasteiger partial charge on any atom is 0.205 e. The van der Waals surface area contributed by atoms with Crippen molar-refractivity contribution < 1.29 is 4.79 Å². The van der Waals surface area contributed by atoms with Crippen molar-refractivity contribution >= 4 is 45.6 Å². The monoisotopic (exact) mass is 428 g/mol. The molecule has 0 saturated heterocycles. The number of thiophene rings is 1. The average molecular weight is 429 g/mol. The standard InChI is InChI=1S/C25H20N2OS2/c1-16-10-12-18(13-11-16)15-29-25-21-20(26-24-17(2)7-6-14-27(21)24)23(30-25)22(28)19-8-4-3-5-9-19/h3-14H,15H2,1-2H3. The van der Waals surface area contributed by atoms with E-state index in [0.29, 0.717) is 10.4 Å². The second kappa shape index (κ2) is 7.74. The minimum atomic E-state index is 0.0360. The van der Waals surface area contributed by atoms with Crippen LogP contribution in [-0.2, 0) is 5.75 Å². The highest BCUT2D eigenvalue weighted by atomic mass is 32.2. The number of hydrogen-bond acceptors (Lipinski definition) is 4. The Morgan fingerprint density at radius 3 is 2.53 bits per heavy atom. The van der Waals surface area contributed by atoms with E-state index >= 15 is 0 Å². The van der Waals surface area contributed by atoms with Gasteiger partial charge < -0.3 is 0 Å². The molecule has 0 radical (unpaired) electrons. The molecule has 0 amide bonds. The maximum absolute atomic E-state index is 13.3. The normalized spacial score (nSPS) is 11.4. The van der Waals surface area contributed by atoms with E-state index in [1.165, 1.54) is 11.1 Å². The van der Waals surface area contributed by atoms with Crippen molar-refractivity contribution in [1.29, 1.82) is 0 Å². The molecule has 2 aromatic carbocycles. The number of imidazole rings is 1. The van der Waals surface area contributed by atoms with Gasteiger partial charge in [0.15, 0.2) is 0 Å². The molecule has 148 valence electrons. The molecule has 0 spiro atoms. The highest BCUT2D eigenvalue weighted by molar-refractivity contribution is 8.00. The number of rotatable bonds is 5. The summed E-state index contributed by atoms with van der Waals surface area (Å²) >= 11 is 3.33. The SMILES string of the molecule is Cc1ccc(CSc2sc(C(=O)c3ccccc3)c3nc4c(C)cccn4c23)cc1. The smallest absolute Gasteiger partial charge is 0.205 e. The molecule has 0 aliphatic carbocycles. The number of fused-ring (bicyclic) bond motifs is 3. The molecule has 5 heteroatoms. The minimum Gasteiger partial charge on any atom is -0.298 e. The number of thioether (sulfide) groups is 1. The van der Waals surface area contributed by atoms with Crippen LogP contribution in [0.15, 0.2) is 77.1 Å². The molecule has 5 aromatic rings. The van der Waals surface area contributed by atoms with Crippen LogP contribution in [0.5, 0.6) is 0 Å². The summed E-state index contributed by atoms with van der Waals surface area (Å²) in [6.45, 7) is 4.16. The summed E-state index contributed by atoms with van der Waals surface area (Å²) in [4.78, 5) is 18.9. The largest absolute Gasteiger partial charge is 0.298 e. The fraction of sp³-hybridized carbons (Fsp3) is 0.120. The van der Waals surface area contributed by atoms with Gasteiger partial charge in [-0.3, -0.25) is 9.20 Å². The second-order valence-corrected chi connectivity index (χ2v) is 9.65. The summed E-state index contributed by atoms with van der Waals surface area (Å²) < 4.78 is 3.25. The lowest BCUT2D eigenvalue weighted by Crippen LogP contribution is -1.98. The number of aromatic nitrogens is 2. The van der Waals surface area contributed by atoms with Crippen molar-refractivity contribution in [3.63, 3.8) is 0 Å². The first kappa shape index (κ1) is 19.1. The quantitative estimate of drug-likeness (QED) is 0.231. The minimum absolute atomic E-state index is 0.0360. The van der Waals surface area contributed by atoms with Crippen LogP contribution in [-0.4, -0.2) is 15.2 Å². The van der Waals surface area contributed by atoms with Crippen LogP contribution >= 0.6 is 23.1 Å². The van der Waals surface area contributed by atoms with E-state index in [2.05, 4.69) is 48.6 Å². The zero-order valence-electron chi connectivity index (χ0n) is 16.8. The van der Waals surface area contributed by atoms with Gasteiger partial charge in [0.2, 0.25) is 5.78 Å². The molecular formula is C25H20N2OS2. The van der Waals surface area contributed by atoms with Gasteiger partial charge in [-0.25, -0.2) is 4.98 Å². The van der Waals surface area contributed by atoms with Gasteiger partial charge in [0.25, 0.3) is 0 Å². The summed E-state index contributed by atoms with van der Waals surface area (Å²) in [6.07, 6.45) is 2.04. The van der Waals surface area contributed by atoms with Crippen molar-refractivity contribution in [2.75, 3.05) is 0 Å². The zero-order chi connectivity index (χ0) is 20.7. The Hall–Kier alpha value is -2.89. The van der Waals surface area contributed by atoms with E-state index in [1.54, 1.807) is 23.1 Å². The number of aryl methyl sites for hydroxylation is 2. The number of ketones is 1. The van der Waals surface area contributed by atoms with E-state index in [1.807, 2.05) is 42.6 Å². The van der Waals surface area contributed by atoms with Crippen molar-refractivity contribution in [3.8, 4) is 0 Å². The van der Waals surface area contributed by atoms with E-state index in [9.17, 15) is 4.79 Å². The Morgan fingerprint density at radius 2 is 1.77 bits per heavy atom. The first-order chi connectivity index (χ1) is 14.6. The van der Waals surface area contributed by atoms with Crippen molar-refractivity contribution in [2.45, 2.75) is 23.8 Å². The van der Waals surface area contributed by atoms with Gasteiger partial charge in [-0.2, -0.15) is 0 Å². The third kappa shape index (κ3) is 3.34. The summed E-state index contributed by atoms with van der Waals surface area (Å²) in [7, 11) is 0. The Labute approximate surface area is 183 Å². The summed E-state index contributed by atoms with van der Waals surface area (Å²) in [5.74, 6) is 0.891. The zero-order valence-corrected chi connectivity index (χ0v) is 18.4. The molecule has 0 aliphatic heterocycles. The molecule has 0 fully saturated rings. The Kier molecular flexibility index (Phi) is 4.93. The number of hydrogen-bond donors (Lipinski definition) is 0. The van der Waals surface area contributed by atoms with Crippen LogP contribution in [0.25, 0.3) is 16.7 Å². The first-order valence-electron chi connectivity index (χ1n) is 9.80. The summed E-state index contributed by atoms with van der Waals surface area (Å²) in [5, 5.41) is 0. The van der Waals surface area contributed by atoms with E-state index in [4.69, 9.17) is 4.98 Å². The lowest BCUT2D eigenvalue weighted by Gasteiger charge is -2.03. The van der Waals surface area contributed by atoms with Crippen LogP contribution in [0.4, 0.5) is 0 Å². The van der Waals surface area contributed by atoms with Crippen LogP contribution < -0.4 is 0 Å². The van der Waals surface area contributed by atoms with Crippen LogP contribution in [0.1, 0.15) is 31.9 Å². The molecule has 0 aliphatic rings. The molecule has 5 rings (SSSR count). The fourth-order valence-electron chi connectivity index (χ4n) is 3.55. The number of carbonyl (C=O) groups is 1.